The van der Waals surface area contributed by atoms with Crippen molar-refractivity contribution in [2.45, 2.75) is 6.61 Å². The predicted molar refractivity (Wildman–Crippen MR) is 106 cm³/mol. The molecule has 0 N–H and O–H groups in total. The lowest BCUT2D eigenvalue weighted by Gasteiger charge is -2.13. The molecule has 31 heavy (non-hydrogen) atoms. The standard InChI is InChI=1S/C21H19F2NO7/c1-26-14-6-5-11(8-15(14)30-21(22)23)7-13-20(25)31-19(24-13)12-9-16(27-2)18(29-4)17(10-12)28-3/h5-10,21H,1-4H3/b13-7-. The third-order valence-electron chi connectivity index (χ3n) is 4.24. The molecule has 0 aromatic heterocycles. The van der Waals surface area contributed by atoms with Crippen molar-refractivity contribution in [3.8, 4) is 28.7 Å². The van der Waals surface area contributed by atoms with Gasteiger partial charge in [-0.1, -0.05) is 6.07 Å². The maximum absolute atomic E-state index is 12.6. The molecule has 1 heterocycles. The molecule has 1 aliphatic heterocycles. The van der Waals surface area contributed by atoms with Gasteiger partial charge >= 0.3 is 12.6 Å². The second-order valence-corrected chi connectivity index (χ2v) is 6.04. The summed E-state index contributed by atoms with van der Waals surface area (Å²) in [6.07, 6.45) is 1.38. The number of rotatable bonds is 8. The topological polar surface area (TPSA) is 84.8 Å². The number of nitrogens with zero attached hydrogens (tertiary/aromatic N) is 1. The van der Waals surface area contributed by atoms with Crippen molar-refractivity contribution in [2.75, 3.05) is 28.4 Å². The molecule has 10 heteroatoms. The number of benzene rings is 2. The molecular weight excluding hydrogens is 416 g/mol. The SMILES string of the molecule is COc1ccc(/C=C2\N=C(c3cc(OC)c(OC)c(OC)c3)OC2=O)cc1OC(F)F. The number of hydrogen-bond donors (Lipinski definition) is 0. The van der Waals surface area contributed by atoms with Gasteiger partial charge in [0.05, 0.1) is 28.4 Å². The van der Waals surface area contributed by atoms with Crippen LogP contribution in [0.1, 0.15) is 11.1 Å². The molecule has 1 aliphatic rings. The first-order valence-electron chi connectivity index (χ1n) is 8.86. The molecule has 0 saturated heterocycles. The van der Waals surface area contributed by atoms with Gasteiger partial charge in [-0.3, -0.25) is 0 Å². The van der Waals surface area contributed by atoms with E-state index in [0.717, 1.165) is 0 Å². The summed E-state index contributed by atoms with van der Waals surface area (Å²) in [5, 5.41) is 0. The van der Waals surface area contributed by atoms with E-state index in [-0.39, 0.29) is 23.1 Å². The molecule has 2 aromatic carbocycles. The third-order valence-corrected chi connectivity index (χ3v) is 4.24. The monoisotopic (exact) mass is 435 g/mol. The molecule has 0 aliphatic carbocycles. The summed E-state index contributed by atoms with van der Waals surface area (Å²) < 4.78 is 55.8. The Balaban J connectivity index is 1.98. The Hall–Kier alpha value is -3.82. The van der Waals surface area contributed by atoms with Crippen LogP contribution >= 0.6 is 0 Å². The average molecular weight is 435 g/mol. The minimum absolute atomic E-state index is 0.0214. The number of halogens is 2. The Morgan fingerprint density at radius 1 is 0.903 bits per heavy atom. The van der Waals surface area contributed by atoms with Gasteiger partial charge in [0, 0.05) is 5.56 Å². The molecule has 0 unspecified atom stereocenters. The zero-order chi connectivity index (χ0) is 22.5. The molecule has 8 nitrogen and oxygen atoms in total. The van der Waals surface area contributed by atoms with E-state index in [4.69, 9.17) is 23.7 Å². The first-order valence-corrected chi connectivity index (χ1v) is 8.86. The first kappa shape index (κ1) is 21.9. The normalized spacial score (nSPS) is 14.4. The fourth-order valence-electron chi connectivity index (χ4n) is 2.87. The zero-order valence-electron chi connectivity index (χ0n) is 17.1. The number of aliphatic imine (C=N–C) groups is 1. The Morgan fingerprint density at radius 3 is 2.10 bits per heavy atom. The van der Waals surface area contributed by atoms with E-state index in [2.05, 4.69) is 9.73 Å². The van der Waals surface area contributed by atoms with Crippen LogP contribution in [0.3, 0.4) is 0 Å². The predicted octanol–water partition coefficient (Wildman–Crippen LogP) is 3.67. The van der Waals surface area contributed by atoms with Crippen LogP contribution in [0.2, 0.25) is 0 Å². The number of alkyl halides is 2. The van der Waals surface area contributed by atoms with Crippen LogP contribution < -0.4 is 23.7 Å². The molecule has 0 saturated carbocycles. The summed E-state index contributed by atoms with van der Waals surface area (Å²) in [5.41, 5.74) is 0.776. The van der Waals surface area contributed by atoms with Crippen LogP contribution in [0, 0.1) is 0 Å². The lowest BCUT2D eigenvalue weighted by molar-refractivity contribution is -0.129. The van der Waals surface area contributed by atoms with E-state index < -0.39 is 12.6 Å². The van der Waals surface area contributed by atoms with Gasteiger partial charge in [-0.2, -0.15) is 8.78 Å². The quantitative estimate of drug-likeness (QED) is 0.462. The lowest BCUT2D eigenvalue weighted by Crippen LogP contribution is -2.07. The van der Waals surface area contributed by atoms with E-state index in [0.29, 0.717) is 28.4 Å². The molecule has 0 atom stereocenters. The molecule has 0 radical (unpaired) electrons. The number of carbonyl (C=O) groups excluding carboxylic acids is 1. The molecule has 0 bridgehead atoms. The largest absolute Gasteiger partial charge is 0.493 e. The maximum Gasteiger partial charge on any atom is 0.387 e. The van der Waals surface area contributed by atoms with Crippen molar-refractivity contribution in [1.82, 2.24) is 0 Å². The second-order valence-electron chi connectivity index (χ2n) is 6.04. The third kappa shape index (κ3) is 4.68. The van der Waals surface area contributed by atoms with Crippen molar-refractivity contribution in [3.63, 3.8) is 0 Å². The van der Waals surface area contributed by atoms with Gasteiger partial charge in [0.2, 0.25) is 11.6 Å². The van der Waals surface area contributed by atoms with E-state index in [9.17, 15) is 13.6 Å². The van der Waals surface area contributed by atoms with Crippen molar-refractivity contribution in [1.29, 1.82) is 0 Å². The van der Waals surface area contributed by atoms with Gasteiger partial charge in [0.15, 0.2) is 28.7 Å². The van der Waals surface area contributed by atoms with E-state index >= 15 is 0 Å². The Bertz CT molecular complexity index is 1030. The summed E-state index contributed by atoms with van der Waals surface area (Å²) in [4.78, 5) is 16.5. The number of ether oxygens (including phenoxy) is 6. The van der Waals surface area contributed by atoms with E-state index in [1.54, 1.807) is 18.2 Å². The highest BCUT2D eigenvalue weighted by molar-refractivity contribution is 6.13. The van der Waals surface area contributed by atoms with Crippen LogP contribution in [0.25, 0.3) is 6.08 Å². The highest BCUT2D eigenvalue weighted by Gasteiger charge is 2.26. The maximum atomic E-state index is 12.6. The van der Waals surface area contributed by atoms with Crippen molar-refractivity contribution in [3.05, 3.63) is 47.2 Å². The summed E-state index contributed by atoms with van der Waals surface area (Å²) in [6.45, 7) is -3.03. The summed E-state index contributed by atoms with van der Waals surface area (Å²) in [5.74, 6) is 0.349. The van der Waals surface area contributed by atoms with Gasteiger partial charge in [-0.25, -0.2) is 9.79 Å². The second kappa shape index (κ2) is 9.33. The molecule has 3 rings (SSSR count). The Kier molecular flexibility index (Phi) is 6.58. The van der Waals surface area contributed by atoms with Crippen molar-refractivity contribution in [2.24, 2.45) is 4.99 Å². The number of methoxy groups -OCH3 is 4. The molecule has 164 valence electrons. The molecule has 2 aromatic rings. The first-order chi connectivity index (χ1) is 14.9. The lowest BCUT2D eigenvalue weighted by atomic mass is 10.1. The number of hydrogen-bond acceptors (Lipinski definition) is 8. The van der Waals surface area contributed by atoms with Gasteiger partial charge in [0.1, 0.15) is 0 Å². The Morgan fingerprint density at radius 2 is 1.55 bits per heavy atom. The summed E-state index contributed by atoms with van der Waals surface area (Å²) >= 11 is 0. The van der Waals surface area contributed by atoms with Gasteiger partial charge in [-0.05, 0) is 35.9 Å². The fourth-order valence-corrected chi connectivity index (χ4v) is 2.87. The smallest absolute Gasteiger partial charge is 0.387 e. The van der Waals surface area contributed by atoms with Crippen LogP contribution in [-0.4, -0.2) is 46.9 Å². The van der Waals surface area contributed by atoms with E-state index in [1.807, 2.05) is 0 Å². The highest BCUT2D eigenvalue weighted by atomic mass is 19.3. The molecule has 0 spiro atoms. The van der Waals surface area contributed by atoms with Gasteiger partial charge in [0.25, 0.3) is 0 Å². The molecule has 0 fully saturated rings. The minimum Gasteiger partial charge on any atom is -0.493 e. The van der Waals surface area contributed by atoms with Crippen LogP contribution in [0.5, 0.6) is 28.7 Å². The number of cyclic esters (lactones) is 1. The fraction of sp³-hybridized carbons (Fsp3) is 0.238. The summed E-state index contributed by atoms with van der Waals surface area (Å²) in [7, 11) is 5.71. The zero-order valence-corrected chi connectivity index (χ0v) is 17.1. The van der Waals surface area contributed by atoms with Gasteiger partial charge < -0.3 is 28.4 Å². The van der Waals surface area contributed by atoms with Gasteiger partial charge in [-0.15, -0.1) is 0 Å². The number of esters is 1. The van der Waals surface area contributed by atoms with Crippen LogP contribution in [0.4, 0.5) is 8.78 Å². The van der Waals surface area contributed by atoms with Crippen LogP contribution in [0.15, 0.2) is 41.0 Å². The number of carbonyl (C=O) groups is 1. The highest BCUT2D eigenvalue weighted by Crippen LogP contribution is 2.39. The average Bonchev–Trinajstić information content (AvgIpc) is 3.12. The summed E-state index contributed by atoms with van der Waals surface area (Å²) in [6, 6.07) is 7.47. The minimum atomic E-state index is -3.03. The van der Waals surface area contributed by atoms with Crippen LogP contribution in [-0.2, 0) is 9.53 Å². The molecule has 0 amide bonds. The Labute approximate surface area is 176 Å². The molecular formula is C21H19F2NO7. The van der Waals surface area contributed by atoms with Crippen molar-refractivity contribution < 1.29 is 42.0 Å². The van der Waals surface area contributed by atoms with E-state index in [1.165, 1.54) is 46.6 Å². The van der Waals surface area contributed by atoms with Crippen molar-refractivity contribution >= 4 is 17.9 Å².